The second-order valence-electron chi connectivity index (χ2n) is 6.77. The van der Waals surface area contributed by atoms with E-state index in [9.17, 15) is 0 Å². The largest absolute Gasteiger partial charge is 0.359 e. The summed E-state index contributed by atoms with van der Waals surface area (Å²) in [5.41, 5.74) is 3.18. The molecule has 2 N–H and O–H groups in total. The third kappa shape index (κ3) is 4.88. The highest BCUT2D eigenvalue weighted by atomic mass is 16.5. The first-order valence-electron chi connectivity index (χ1n) is 10.0. The van der Waals surface area contributed by atoms with Crippen LogP contribution in [0.2, 0.25) is 0 Å². The van der Waals surface area contributed by atoms with Crippen LogP contribution in [0.3, 0.4) is 0 Å². The standard InChI is InChI=1S/C22H29N5O/c1-4-16(5-2)21-13-18(28-27-21)15-26-22(23-6-3)25-14-17-11-12-24-20-10-8-7-9-19(17)20/h7-13,16H,4-6,14-15H2,1-3H3,(H2,23,25,26). The van der Waals surface area contributed by atoms with Crippen LogP contribution in [0.25, 0.3) is 10.9 Å². The van der Waals surface area contributed by atoms with E-state index in [0.717, 1.165) is 53.3 Å². The second kappa shape index (κ2) is 9.88. The van der Waals surface area contributed by atoms with Gasteiger partial charge in [-0.15, -0.1) is 0 Å². The number of hydrogen-bond donors (Lipinski definition) is 2. The van der Waals surface area contributed by atoms with Gasteiger partial charge in [-0.2, -0.15) is 0 Å². The molecule has 3 aromatic rings. The lowest BCUT2D eigenvalue weighted by Crippen LogP contribution is -2.36. The van der Waals surface area contributed by atoms with Crippen molar-refractivity contribution in [2.24, 2.45) is 4.99 Å². The number of benzene rings is 1. The van der Waals surface area contributed by atoms with Gasteiger partial charge in [0.15, 0.2) is 11.7 Å². The predicted molar refractivity (Wildman–Crippen MR) is 113 cm³/mol. The zero-order valence-electron chi connectivity index (χ0n) is 16.9. The van der Waals surface area contributed by atoms with Crippen molar-refractivity contribution < 1.29 is 4.52 Å². The van der Waals surface area contributed by atoms with Crippen LogP contribution in [0.1, 0.15) is 56.5 Å². The highest BCUT2D eigenvalue weighted by molar-refractivity contribution is 5.83. The Kier molecular flexibility index (Phi) is 7.00. The third-order valence-corrected chi connectivity index (χ3v) is 4.90. The molecular weight excluding hydrogens is 350 g/mol. The van der Waals surface area contributed by atoms with Gasteiger partial charge in [0.05, 0.1) is 24.3 Å². The molecule has 1 aromatic carbocycles. The number of hydrogen-bond acceptors (Lipinski definition) is 4. The molecule has 0 atom stereocenters. The molecule has 6 heteroatoms. The van der Waals surface area contributed by atoms with Crippen LogP contribution < -0.4 is 10.6 Å². The van der Waals surface area contributed by atoms with E-state index < -0.39 is 0 Å². The average Bonchev–Trinajstić information content (AvgIpc) is 3.20. The van der Waals surface area contributed by atoms with E-state index in [4.69, 9.17) is 9.52 Å². The Hall–Kier alpha value is -2.89. The fourth-order valence-corrected chi connectivity index (χ4v) is 3.28. The molecule has 0 unspecified atom stereocenters. The number of nitrogens with zero attached hydrogens (tertiary/aromatic N) is 3. The summed E-state index contributed by atoms with van der Waals surface area (Å²) < 4.78 is 5.49. The van der Waals surface area contributed by atoms with Crippen LogP contribution >= 0.6 is 0 Å². The molecular formula is C22H29N5O. The molecule has 28 heavy (non-hydrogen) atoms. The SMILES string of the molecule is CCNC(=NCc1ccnc2ccccc12)NCc1cc(C(CC)CC)no1. The molecule has 148 valence electrons. The van der Waals surface area contributed by atoms with Gasteiger partial charge in [-0.05, 0) is 37.5 Å². The number of guanidine groups is 1. The zero-order valence-corrected chi connectivity index (χ0v) is 16.9. The van der Waals surface area contributed by atoms with E-state index >= 15 is 0 Å². The van der Waals surface area contributed by atoms with Gasteiger partial charge >= 0.3 is 0 Å². The number of pyridine rings is 1. The van der Waals surface area contributed by atoms with Crippen molar-refractivity contribution in [1.82, 2.24) is 20.8 Å². The summed E-state index contributed by atoms with van der Waals surface area (Å²) in [5.74, 6) is 2.03. The molecule has 0 aliphatic carbocycles. The molecule has 3 rings (SSSR count). The van der Waals surface area contributed by atoms with Crippen LogP contribution in [-0.4, -0.2) is 22.6 Å². The van der Waals surface area contributed by atoms with Crippen molar-refractivity contribution in [3.63, 3.8) is 0 Å². The first-order chi connectivity index (χ1) is 13.7. The molecule has 6 nitrogen and oxygen atoms in total. The zero-order chi connectivity index (χ0) is 19.8. The predicted octanol–water partition coefficient (Wildman–Crippen LogP) is 4.38. The fourth-order valence-electron chi connectivity index (χ4n) is 3.28. The molecule has 0 bridgehead atoms. The minimum Gasteiger partial charge on any atom is -0.359 e. The number of nitrogens with one attached hydrogen (secondary N) is 2. The highest BCUT2D eigenvalue weighted by Gasteiger charge is 2.13. The van der Waals surface area contributed by atoms with Crippen LogP contribution in [0.4, 0.5) is 0 Å². The van der Waals surface area contributed by atoms with Gasteiger partial charge in [-0.1, -0.05) is 37.2 Å². The van der Waals surface area contributed by atoms with E-state index in [0.29, 0.717) is 19.0 Å². The van der Waals surface area contributed by atoms with E-state index in [1.807, 2.05) is 36.5 Å². The molecule has 0 aliphatic rings. The van der Waals surface area contributed by atoms with Crippen LogP contribution in [0.15, 0.2) is 52.1 Å². The monoisotopic (exact) mass is 379 g/mol. The number of aromatic nitrogens is 2. The minimum absolute atomic E-state index is 0.458. The lowest BCUT2D eigenvalue weighted by Gasteiger charge is -2.10. The summed E-state index contributed by atoms with van der Waals surface area (Å²) in [6.45, 7) is 8.33. The van der Waals surface area contributed by atoms with Crippen molar-refractivity contribution in [2.75, 3.05) is 6.54 Å². The summed E-state index contributed by atoms with van der Waals surface area (Å²) in [7, 11) is 0. The molecule has 2 aromatic heterocycles. The van der Waals surface area contributed by atoms with Crippen LogP contribution in [0.5, 0.6) is 0 Å². The van der Waals surface area contributed by atoms with Crippen molar-refractivity contribution in [1.29, 1.82) is 0 Å². The van der Waals surface area contributed by atoms with Gasteiger partial charge in [-0.25, -0.2) is 4.99 Å². The Bertz CT molecular complexity index is 909. The number of fused-ring (bicyclic) bond motifs is 1. The second-order valence-corrected chi connectivity index (χ2v) is 6.77. The Morgan fingerprint density at radius 2 is 1.93 bits per heavy atom. The van der Waals surface area contributed by atoms with Gasteiger partial charge in [0.25, 0.3) is 0 Å². The van der Waals surface area contributed by atoms with E-state index in [1.54, 1.807) is 0 Å². The van der Waals surface area contributed by atoms with Gasteiger partial charge in [0.1, 0.15) is 0 Å². The smallest absolute Gasteiger partial charge is 0.191 e. The molecule has 0 saturated carbocycles. The Morgan fingerprint density at radius 1 is 1.11 bits per heavy atom. The summed E-state index contributed by atoms with van der Waals surface area (Å²) in [6, 6.07) is 12.2. The first-order valence-corrected chi connectivity index (χ1v) is 10.0. The third-order valence-electron chi connectivity index (χ3n) is 4.90. The maximum Gasteiger partial charge on any atom is 0.191 e. The molecule has 0 amide bonds. The summed E-state index contributed by atoms with van der Waals surface area (Å²) >= 11 is 0. The Morgan fingerprint density at radius 3 is 2.71 bits per heavy atom. The molecule has 0 saturated heterocycles. The first kappa shape index (κ1) is 19.9. The van der Waals surface area contributed by atoms with Gasteiger partial charge in [0.2, 0.25) is 0 Å². The number of para-hydroxylation sites is 1. The Balaban J connectivity index is 1.68. The van der Waals surface area contributed by atoms with Crippen molar-refractivity contribution >= 4 is 16.9 Å². The van der Waals surface area contributed by atoms with Crippen molar-refractivity contribution in [3.8, 4) is 0 Å². The summed E-state index contributed by atoms with van der Waals surface area (Å²) in [4.78, 5) is 9.14. The minimum atomic E-state index is 0.458. The van der Waals surface area contributed by atoms with Crippen molar-refractivity contribution in [2.45, 2.75) is 52.6 Å². The molecule has 0 spiro atoms. The highest BCUT2D eigenvalue weighted by Crippen LogP contribution is 2.22. The normalized spacial score (nSPS) is 11.9. The number of aliphatic imine (C=N–C) groups is 1. The average molecular weight is 380 g/mol. The van der Waals surface area contributed by atoms with Gasteiger partial charge in [0, 0.05) is 30.1 Å². The molecule has 0 fully saturated rings. The Labute approximate surface area is 166 Å². The maximum absolute atomic E-state index is 5.49. The fraction of sp³-hybridized carbons (Fsp3) is 0.409. The van der Waals surface area contributed by atoms with Gasteiger partial charge in [-0.3, -0.25) is 4.98 Å². The lowest BCUT2D eigenvalue weighted by molar-refractivity contribution is 0.368. The maximum atomic E-state index is 5.49. The lowest BCUT2D eigenvalue weighted by atomic mass is 9.99. The van der Waals surface area contributed by atoms with E-state index in [1.165, 1.54) is 0 Å². The van der Waals surface area contributed by atoms with Crippen molar-refractivity contribution in [3.05, 3.63) is 59.6 Å². The quantitative estimate of drug-likeness (QED) is 0.449. The summed E-state index contributed by atoms with van der Waals surface area (Å²) in [5, 5.41) is 12.0. The molecule has 0 radical (unpaired) electrons. The van der Waals surface area contributed by atoms with Gasteiger partial charge < -0.3 is 15.2 Å². The van der Waals surface area contributed by atoms with Crippen LogP contribution in [-0.2, 0) is 13.1 Å². The van der Waals surface area contributed by atoms with E-state index in [2.05, 4.69) is 47.6 Å². The summed E-state index contributed by atoms with van der Waals surface area (Å²) in [6.07, 6.45) is 3.97. The van der Waals surface area contributed by atoms with Crippen LogP contribution in [0, 0.1) is 0 Å². The molecule has 0 aliphatic heterocycles. The number of rotatable bonds is 8. The topological polar surface area (TPSA) is 75.3 Å². The molecule has 2 heterocycles. The van der Waals surface area contributed by atoms with E-state index in [-0.39, 0.29) is 0 Å².